The molecule has 2 aromatic heterocycles. The number of nitriles is 1. The summed E-state index contributed by atoms with van der Waals surface area (Å²) in [6.45, 7) is -0.251. The molecule has 2 saturated carbocycles. The number of hydrogen-bond acceptors (Lipinski definition) is 10. The summed E-state index contributed by atoms with van der Waals surface area (Å²) < 4.78 is 18.2. The Morgan fingerprint density at radius 1 is 1.29 bits per heavy atom. The zero-order valence-electron chi connectivity index (χ0n) is 16.5. The van der Waals surface area contributed by atoms with Crippen LogP contribution in [-0.2, 0) is 29.4 Å². The Hall–Kier alpha value is -3.23. The normalized spacial score (nSPS) is 30.1. The zero-order chi connectivity index (χ0) is 21.8. The predicted octanol–water partition coefficient (Wildman–Crippen LogP) is 0.0651. The first-order chi connectivity index (χ1) is 14.9. The fourth-order valence-electron chi connectivity index (χ4n) is 3.83. The van der Waals surface area contributed by atoms with Crippen molar-refractivity contribution in [2.75, 3.05) is 12.3 Å². The van der Waals surface area contributed by atoms with Crippen LogP contribution in [0.4, 0.5) is 5.82 Å². The van der Waals surface area contributed by atoms with E-state index in [-0.39, 0.29) is 35.9 Å². The number of rotatable bonds is 6. The van der Waals surface area contributed by atoms with Crippen LogP contribution in [0.5, 0.6) is 0 Å². The number of aliphatic hydroxyl groups excluding tert-OH is 1. The molecule has 3 aliphatic rings. The van der Waals surface area contributed by atoms with Gasteiger partial charge < -0.3 is 25.1 Å². The highest BCUT2D eigenvalue weighted by atomic mass is 16.6. The molecule has 4 atom stereocenters. The summed E-state index contributed by atoms with van der Waals surface area (Å²) in [7, 11) is 0. The van der Waals surface area contributed by atoms with Crippen molar-refractivity contribution in [3.8, 4) is 6.07 Å². The standard InChI is InChI=1S/C20H21N5O6/c21-8-20(14-6-5-12-17(22)23-9-24-25(12)14)16(26)15(30-19(28)11-3-4-11)13(31-20)7-29-18(27)10-1-2-10/h5-6,9-11,13,15-16,26H,1-4,7H2,(H2,22,23,24)/t13-,15-,16-,20+/m1/s1. The van der Waals surface area contributed by atoms with Gasteiger partial charge in [0.15, 0.2) is 11.9 Å². The first kappa shape index (κ1) is 19.7. The second-order valence-electron chi connectivity index (χ2n) is 8.19. The van der Waals surface area contributed by atoms with E-state index < -0.39 is 29.9 Å². The van der Waals surface area contributed by atoms with Crippen LogP contribution in [0.1, 0.15) is 31.4 Å². The molecule has 0 bridgehead atoms. The first-order valence-corrected chi connectivity index (χ1v) is 10.2. The minimum absolute atomic E-state index is 0.131. The van der Waals surface area contributed by atoms with Gasteiger partial charge in [-0.25, -0.2) is 9.50 Å². The van der Waals surface area contributed by atoms with Crippen molar-refractivity contribution >= 4 is 23.3 Å². The van der Waals surface area contributed by atoms with Gasteiger partial charge >= 0.3 is 11.9 Å². The first-order valence-electron chi connectivity index (χ1n) is 10.2. The van der Waals surface area contributed by atoms with Crippen LogP contribution in [0.15, 0.2) is 18.5 Å². The molecule has 5 rings (SSSR count). The van der Waals surface area contributed by atoms with E-state index in [0.717, 1.165) is 12.8 Å². The van der Waals surface area contributed by atoms with E-state index in [9.17, 15) is 20.0 Å². The quantitative estimate of drug-likeness (QED) is 0.603. The number of fused-ring (bicyclic) bond motifs is 1. The molecular formula is C20H21N5O6. The minimum atomic E-state index is -1.92. The lowest BCUT2D eigenvalue weighted by Crippen LogP contribution is -2.43. The summed E-state index contributed by atoms with van der Waals surface area (Å²) in [6, 6.07) is 5.17. The third-order valence-electron chi connectivity index (χ3n) is 5.92. The van der Waals surface area contributed by atoms with Crippen molar-refractivity contribution in [3.05, 3.63) is 24.2 Å². The molecule has 1 saturated heterocycles. The molecule has 162 valence electrons. The summed E-state index contributed by atoms with van der Waals surface area (Å²) in [4.78, 5) is 28.3. The number of hydrogen-bond donors (Lipinski definition) is 2. The van der Waals surface area contributed by atoms with Crippen molar-refractivity contribution in [1.29, 1.82) is 5.26 Å². The Bertz CT molecular complexity index is 1090. The molecule has 3 N–H and O–H groups in total. The number of aromatic nitrogens is 3. The fourth-order valence-corrected chi connectivity index (χ4v) is 3.83. The second kappa shape index (κ2) is 7.18. The van der Waals surface area contributed by atoms with Gasteiger partial charge in [-0.1, -0.05) is 0 Å². The summed E-state index contributed by atoms with van der Waals surface area (Å²) in [6.07, 6.45) is 0.435. The molecule has 31 heavy (non-hydrogen) atoms. The van der Waals surface area contributed by atoms with Gasteiger partial charge in [-0.3, -0.25) is 9.59 Å². The monoisotopic (exact) mass is 427 g/mol. The fraction of sp³-hybridized carbons (Fsp3) is 0.550. The summed E-state index contributed by atoms with van der Waals surface area (Å²) in [5, 5.41) is 25.4. The SMILES string of the molecule is N#C[C@@]1(c2ccc3c(N)ncnn23)O[C@H](COC(=O)C2CC2)[C@@H](OC(=O)C2CC2)[C@H]1O. The number of carbonyl (C=O) groups is 2. The maximum Gasteiger partial charge on any atom is 0.309 e. The summed E-state index contributed by atoms with van der Waals surface area (Å²) in [5.41, 5.74) is 4.59. The van der Waals surface area contributed by atoms with E-state index in [1.54, 1.807) is 12.1 Å². The average Bonchev–Trinajstić information content (AvgIpc) is 3.69. The number of anilines is 1. The van der Waals surface area contributed by atoms with Gasteiger partial charge in [0.05, 0.1) is 17.5 Å². The molecule has 2 aromatic rings. The van der Waals surface area contributed by atoms with Gasteiger partial charge in [0.25, 0.3) is 0 Å². The molecule has 11 nitrogen and oxygen atoms in total. The Morgan fingerprint density at radius 2 is 2.00 bits per heavy atom. The van der Waals surface area contributed by atoms with Gasteiger partial charge in [0, 0.05) is 0 Å². The molecule has 1 aliphatic heterocycles. The Labute approximate surface area is 176 Å². The van der Waals surface area contributed by atoms with Crippen LogP contribution in [0.25, 0.3) is 5.52 Å². The van der Waals surface area contributed by atoms with E-state index in [0.29, 0.717) is 18.4 Å². The molecule has 0 unspecified atom stereocenters. The zero-order valence-corrected chi connectivity index (χ0v) is 16.5. The highest BCUT2D eigenvalue weighted by Crippen LogP contribution is 2.43. The average molecular weight is 427 g/mol. The number of esters is 2. The number of ether oxygens (including phenoxy) is 3. The van der Waals surface area contributed by atoms with Crippen molar-refractivity contribution < 1.29 is 28.9 Å². The van der Waals surface area contributed by atoms with E-state index in [4.69, 9.17) is 19.9 Å². The molecule has 11 heteroatoms. The van der Waals surface area contributed by atoms with E-state index in [1.807, 2.05) is 6.07 Å². The maximum absolute atomic E-state index is 12.3. The number of aliphatic hydroxyl groups is 1. The number of nitrogens with zero attached hydrogens (tertiary/aromatic N) is 4. The van der Waals surface area contributed by atoms with Crippen LogP contribution in [0.2, 0.25) is 0 Å². The van der Waals surface area contributed by atoms with E-state index in [2.05, 4.69) is 10.1 Å². The topological polar surface area (TPSA) is 162 Å². The van der Waals surface area contributed by atoms with Gasteiger partial charge in [-0.05, 0) is 37.8 Å². The Balaban J connectivity index is 1.48. The minimum Gasteiger partial charge on any atom is -0.463 e. The van der Waals surface area contributed by atoms with Crippen LogP contribution in [0.3, 0.4) is 0 Å². The Morgan fingerprint density at radius 3 is 2.68 bits per heavy atom. The molecule has 0 spiro atoms. The van der Waals surface area contributed by atoms with Gasteiger partial charge in [-0.15, -0.1) is 0 Å². The van der Waals surface area contributed by atoms with Crippen molar-refractivity contribution in [1.82, 2.24) is 14.6 Å². The number of carbonyl (C=O) groups excluding carboxylic acids is 2. The molecule has 0 radical (unpaired) electrons. The van der Waals surface area contributed by atoms with Gasteiger partial charge in [0.1, 0.15) is 36.7 Å². The van der Waals surface area contributed by atoms with Crippen LogP contribution in [-0.4, -0.2) is 56.6 Å². The van der Waals surface area contributed by atoms with Crippen molar-refractivity contribution in [2.45, 2.75) is 49.6 Å². The van der Waals surface area contributed by atoms with Crippen LogP contribution >= 0.6 is 0 Å². The predicted molar refractivity (Wildman–Crippen MR) is 102 cm³/mol. The molecule has 0 aromatic carbocycles. The summed E-state index contributed by atoms with van der Waals surface area (Å²) in [5.74, 6) is -0.997. The second-order valence-corrected chi connectivity index (χ2v) is 8.19. The number of nitrogens with two attached hydrogens (primary N) is 1. The third-order valence-corrected chi connectivity index (χ3v) is 5.92. The third kappa shape index (κ3) is 3.28. The smallest absolute Gasteiger partial charge is 0.309 e. The highest BCUT2D eigenvalue weighted by molar-refractivity contribution is 5.76. The highest BCUT2D eigenvalue weighted by Gasteiger charge is 2.60. The molecule has 3 fully saturated rings. The van der Waals surface area contributed by atoms with Crippen molar-refractivity contribution in [3.63, 3.8) is 0 Å². The Kier molecular flexibility index (Phi) is 4.56. The molecule has 0 amide bonds. The number of nitrogen functional groups attached to an aromatic ring is 1. The summed E-state index contributed by atoms with van der Waals surface area (Å²) >= 11 is 0. The lowest BCUT2D eigenvalue weighted by molar-refractivity contribution is -0.161. The van der Waals surface area contributed by atoms with E-state index in [1.165, 1.54) is 10.8 Å². The molecular weight excluding hydrogens is 406 g/mol. The van der Waals surface area contributed by atoms with Crippen molar-refractivity contribution in [2.24, 2.45) is 11.8 Å². The molecule has 3 heterocycles. The lowest BCUT2D eigenvalue weighted by atomic mass is 9.92. The largest absolute Gasteiger partial charge is 0.463 e. The maximum atomic E-state index is 12.3. The molecule has 2 aliphatic carbocycles. The lowest BCUT2D eigenvalue weighted by Gasteiger charge is -2.24. The van der Waals surface area contributed by atoms with Gasteiger partial charge in [0.2, 0.25) is 5.60 Å². The van der Waals surface area contributed by atoms with Gasteiger partial charge in [-0.2, -0.15) is 10.4 Å². The van der Waals surface area contributed by atoms with E-state index >= 15 is 0 Å². The van der Waals surface area contributed by atoms with Crippen LogP contribution < -0.4 is 5.73 Å². The van der Waals surface area contributed by atoms with Crippen LogP contribution in [0, 0.1) is 23.2 Å².